The van der Waals surface area contributed by atoms with Gasteiger partial charge in [-0.3, -0.25) is 28.8 Å². The Hall–Kier alpha value is -5.11. The maximum Gasteiger partial charge on any atom is 0.410 e. The van der Waals surface area contributed by atoms with Crippen molar-refractivity contribution in [1.29, 1.82) is 0 Å². The number of hydrogen-bond donors (Lipinski definition) is 3. The van der Waals surface area contributed by atoms with Gasteiger partial charge in [0, 0.05) is 50.9 Å². The second kappa shape index (κ2) is 16.9. The van der Waals surface area contributed by atoms with Crippen molar-refractivity contribution in [3.63, 3.8) is 0 Å². The van der Waals surface area contributed by atoms with Crippen LogP contribution in [0.2, 0.25) is 0 Å². The van der Waals surface area contributed by atoms with E-state index in [0.717, 1.165) is 4.90 Å². The first kappa shape index (κ1) is 43.5. The van der Waals surface area contributed by atoms with E-state index in [2.05, 4.69) is 21.9 Å². The smallest absolute Gasteiger partial charge is 0.410 e. The minimum Gasteiger partial charge on any atom is -0.444 e. The van der Waals surface area contributed by atoms with E-state index in [9.17, 15) is 46.4 Å². The topological polar surface area (TPSA) is 227 Å². The lowest BCUT2D eigenvalue weighted by Crippen LogP contribution is -2.58. The highest BCUT2D eigenvalue weighted by atomic mass is 32.2. The molecule has 0 spiro atoms. The number of hydrogen-bond acceptors (Lipinski definition) is 12. The molecule has 4 fully saturated rings. The molecule has 3 heterocycles. The summed E-state index contributed by atoms with van der Waals surface area (Å²) in [5, 5.41) is 4.44. The minimum atomic E-state index is -4.00. The highest BCUT2D eigenvalue weighted by molar-refractivity contribution is 7.91. The molecule has 3 N–H and O–H groups in total. The summed E-state index contributed by atoms with van der Waals surface area (Å²) in [4.78, 5) is 97.9. The van der Waals surface area contributed by atoms with Crippen molar-refractivity contribution in [3.05, 3.63) is 47.8 Å². The monoisotopic (exact) mass is 846 g/mol. The van der Waals surface area contributed by atoms with E-state index in [-0.39, 0.29) is 64.4 Å². The standard InChI is InChI=1S/C39H51FN6O12S/c1-6-23-16-39(23,35(51)43-59(54,55)27-10-11-27)42-33(49)31-15-26(57-37(53)44-17-22-8-7-9-29(40)28(22)20-44)19-46(31)34(50)30(41-36(52)58-38(2,3)4)12-13-32(48)45-18-25(56-5)14-24(45)21-47/h6-9,21,23-27,30-31H,1,10-20H2,2-5H3,(H,41,52)(H,42,49)(H,43,51)/t23-,24-,25-,26?,30+,31+,39-/m1/s1. The molecule has 2 saturated carbocycles. The average molecular weight is 847 g/mol. The molecule has 1 aromatic rings. The van der Waals surface area contributed by atoms with Crippen molar-refractivity contribution in [1.82, 2.24) is 30.1 Å². The Morgan fingerprint density at radius 1 is 1.05 bits per heavy atom. The van der Waals surface area contributed by atoms with Crippen LogP contribution in [0.3, 0.4) is 0 Å². The summed E-state index contributed by atoms with van der Waals surface area (Å²) in [6.45, 7) is 8.28. The largest absolute Gasteiger partial charge is 0.444 e. The number of halogens is 1. The Morgan fingerprint density at radius 3 is 2.37 bits per heavy atom. The number of carbonyl (C=O) groups is 7. The summed E-state index contributed by atoms with van der Waals surface area (Å²) < 4.78 is 58.6. The lowest BCUT2D eigenvalue weighted by Gasteiger charge is -2.30. The van der Waals surface area contributed by atoms with E-state index >= 15 is 0 Å². The number of methoxy groups -OCH3 is 1. The second-order valence-electron chi connectivity index (χ2n) is 16.7. The van der Waals surface area contributed by atoms with E-state index in [1.165, 1.54) is 35.1 Å². The molecule has 1 aromatic carbocycles. The zero-order valence-corrected chi connectivity index (χ0v) is 34.3. The molecule has 20 heteroatoms. The van der Waals surface area contributed by atoms with E-state index in [1.807, 2.05) is 0 Å². The predicted octanol–water partition coefficient (Wildman–Crippen LogP) is 1.41. The van der Waals surface area contributed by atoms with Crippen LogP contribution in [0.25, 0.3) is 0 Å². The first-order valence-corrected chi connectivity index (χ1v) is 21.1. The number of amides is 6. The zero-order chi connectivity index (χ0) is 43.0. The molecule has 5 aliphatic rings. The van der Waals surface area contributed by atoms with Crippen molar-refractivity contribution in [2.45, 2.75) is 126 Å². The van der Waals surface area contributed by atoms with Gasteiger partial charge in [-0.25, -0.2) is 22.4 Å². The number of carbonyl (C=O) groups excluding carboxylic acids is 7. The van der Waals surface area contributed by atoms with Crippen LogP contribution in [0, 0.1) is 11.7 Å². The number of sulfonamides is 1. The molecule has 7 atom stereocenters. The number of alkyl carbamates (subject to hydrolysis) is 1. The Labute approximate surface area is 341 Å². The molecule has 1 unspecified atom stereocenters. The lowest BCUT2D eigenvalue weighted by molar-refractivity contribution is -0.141. The fourth-order valence-electron chi connectivity index (χ4n) is 7.85. The van der Waals surface area contributed by atoms with Gasteiger partial charge in [-0.2, -0.15) is 0 Å². The Bertz CT molecular complexity index is 2010. The summed E-state index contributed by atoms with van der Waals surface area (Å²) in [6, 6.07) is 0.818. The summed E-state index contributed by atoms with van der Waals surface area (Å²) in [6.07, 6.45) is -1.11. The number of fused-ring (bicyclic) bond motifs is 1. The van der Waals surface area contributed by atoms with Crippen LogP contribution in [0.1, 0.15) is 76.8 Å². The summed E-state index contributed by atoms with van der Waals surface area (Å²) in [5.74, 6) is -4.32. The molecule has 6 amide bonds. The van der Waals surface area contributed by atoms with E-state index < -0.39 is 98.2 Å². The van der Waals surface area contributed by atoms with Gasteiger partial charge in [0.15, 0.2) is 0 Å². The van der Waals surface area contributed by atoms with Crippen LogP contribution < -0.4 is 15.4 Å². The zero-order valence-electron chi connectivity index (χ0n) is 33.4. The molecule has 59 heavy (non-hydrogen) atoms. The molecule has 3 aliphatic heterocycles. The highest BCUT2D eigenvalue weighted by Crippen LogP contribution is 2.45. The third-order valence-electron chi connectivity index (χ3n) is 11.3. The van der Waals surface area contributed by atoms with Crippen LogP contribution >= 0.6 is 0 Å². The normalized spacial score (nSPS) is 26.7. The first-order chi connectivity index (χ1) is 27.8. The number of benzene rings is 1. The van der Waals surface area contributed by atoms with Crippen molar-refractivity contribution < 1.29 is 60.6 Å². The van der Waals surface area contributed by atoms with Crippen LogP contribution in [-0.2, 0) is 61.3 Å². The molecule has 0 aromatic heterocycles. The van der Waals surface area contributed by atoms with Gasteiger partial charge in [0.1, 0.15) is 41.4 Å². The van der Waals surface area contributed by atoms with Crippen LogP contribution in [0.5, 0.6) is 0 Å². The summed E-state index contributed by atoms with van der Waals surface area (Å²) >= 11 is 0. The number of ether oxygens (including phenoxy) is 3. The van der Waals surface area contributed by atoms with Crippen molar-refractivity contribution in [3.8, 4) is 0 Å². The number of rotatable bonds is 14. The first-order valence-electron chi connectivity index (χ1n) is 19.6. The maximum absolute atomic E-state index is 14.6. The van der Waals surface area contributed by atoms with Crippen molar-refractivity contribution in [2.75, 3.05) is 20.2 Å². The quantitative estimate of drug-likeness (QED) is 0.179. The number of likely N-dealkylation sites (tertiary alicyclic amines) is 2. The van der Waals surface area contributed by atoms with E-state index in [0.29, 0.717) is 30.3 Å². The predicted molar refractivity (Wildman–Crippen MR) is 205 cm³/mol. The fourth-order valence-corrected chi connectivity index (χ4v) is 9.22. The third kappa shape index (κ3) is 9.69. The Kier molecular flexibility index (Phi) is 12.4. The maximum atomic E-state index is 14.6. The van der Waals surface area contributed by atoms with Gasteiger partial charge in [0.2, 0.25) is 27.7 Å². The Balaban J connectivity index is 1.24. The van der Waals surface area contributed by atoms with Gasteiger partial charge >= 0.3 is 12.2 Å². The number of nitrogens with zero attached hydrogens (tertiary/aromatic N) is 3. The van der Waals surface area contributed by atoms with E-state index in [4.69, 9.17) is 14.2 Å². The fraction of sp³-hybridized carbons (Fsp3) is 0.615. The molecule has 2 aliphatic carbocycles. The van der Waals surface area contributed by atoms with Crippen LogP contribution in [0.15, 0.2) is 30.9 Å². The molecular formula is C39H51FN6O12S. The third-order valence-corrected chi connectivity index (χ3v) is 13.1. The van der Waals surface area contributed by atoms with Gasteiger partial charge in [-0.05, 0) is 58.1 Å². The van der Waals surface area contributed by atoms with Gasteiger partial charge in [-0.15, -0.1) is 6.58 Å². The minimum absolute atomic E-state index is 0.0204. The number of aldehydes is 1. The molecule has 0 bridgehead atoms. The molecule has 2 saturated heterocycles. The van der Waals surface area contributed by atoms with Gasteiger partial charge in [-0.1, -0.05) is 18.2 Å². The second-order valence-corrected chi connectivity index (χ2v) is 18.7. The van der Waals surface area contributed by atoms with Gasteiger partial charge in [0.05, 0.1) is 30.5 Å². The van der Waals surface area contributed by atoms with Crippen molar-refractivity contribution in [2.24, 2.45) is 5.92 Å². The molecule has 6 rings (SSSR count). The highest BCUT2D eigenvalue weighted by Gasteiger charge is 2.62. The summed E-state index contributed by atoms with van der Waals surface area (Å²) in [5.41, 5.74) is -1.78. The van der Waals surface area contributed by atoms with Crippen LogP contribution in [-0.4, -0.2) is 132 Å². The lowest BCUT2D eigenvalue weighted by atomic mass is 10.1. The molecule has 322 valence electrons. The average Bonchev–Trinajstić information content (AvgIpc) is 3.99. The van der Waals surface area contributed by atoms with Gasteiger partial charge < -0.3 is 39.4 Å². The van der Waals surface area contributed by atoms with Crippen molar-refractivity contribution >= 4 is 52.1 Å². The molecule has 0 radical (unpaired) electrons. The van der Waals surface area contributed by atoms with Crippen LogP contribution in [0.4, 0.5) is 14.0 Å². The number of nitrogens with one attached hydrogen (secondary N) is 3. The molecular weight excluding hydrogens is 796 g/mol. The SMILES string of the molecule is C=C[C@@H]1C[C@]1(NC(=O)[C@@H]1CC(OC(=O)N2Cc3cccc(F)c3C2)CN1C(=O)[C@H](CCC(=O)N1C[C@H](OC)C[C@@H]1C=O)NC(=O)OC(C)(C)C)C(=O)NS(=O)(=O)C1CC1. The summed E-state index contributed by atoms with van der Waals surface area (Å²) in [7, 11) is -2.54. The Morgan fingerprint density at radius 2 is 1.76 bits per heavy atom. The van der Waals surface area contributed by atoms with Gasteiger partial charge in [0.25, 0.3) is 5.91 Å². The van der Waals surface area contributed by atoms with E-state index in [1.54, 1.807) is 26.8 Å². The molecule has 18 nitrogen and oxygen atoms in total.